The molecule has 0 aliphatic rings. The molecule has 3 heterocycles. The summed E-state index contributed by atoms with van der Waals surface area (Å²) in [7, 11) is 0. The summed E-state index contributed by atoms with van der Waals surface area (Å²) in [4.78, 5) is 26.4. The molecule has 0 fully saturated rings. The third-order valence-corrected chi connectivity index (χ3v) is 3.35. The van der Waals surface area contributed by atoms with Crippen LogP contribution in [-0.2, 0) is 4.79 Å². The van der Waals surface area contributed by atoms with Crippen LogP contribution >= 0.6 is 0 Å². The maximum Gasteiger partial charge on any atom is 0.405 e. The summed E-state index contributed by atoms with van der Waals surface area (Å²) in [5.74, 6) is -1.90. The van der Waals surface area contributed by atoms with Crippen molar-refractivity contribution in [1.29, 1.82) is 0 Å². The Balaban J connectivity index is 1.76. The van der Waals surface area contributed by atoms with E-state index < -0.39 is 31.0 Å². The van der Waals surface area contributed by atoms with Crippen molar-refractivity contribution in [2.75, 3.05) is 18.4 Å². The van der Waals surface area contributed by atoms with Crippen molar-refractivity contribution >= 4 is 22.8 Å². The number of aromatic nitrogens is 4. The number of amides is 1. The number of H-pyrrole nitrogens is 1. The predicted molar refractivity (Wildman–Crippen MR) is 84.6 cm³/mol. The number of pyridine rings is 1. The highest BCUT2D eigenvalue weighted by Gasteiger charge is 2.27. The van der Waals surface area contributed by atoms with Crippen LogP contribution in [0.1, 0.15) is 0 Å². The number of hydrogen-bond donors (Lipinski definition) is 3. The lowest BCUT2D eigenvalue weighted by atomic mass is 10.2. The van der Waals surface area contributed by atoms with E-state index in [1.54, 1.807) is 23.6 Å². The molecule has 0 radical (unpaired) electrons. The maximum absolute atomic E-state index is 13.8. The smallest absolute Gasteiger partial charge is 0.358 e. The van der Waals surface area contributed by atoms with Crippen molar-refractivity contribution in [3.63, 3.8) is 0 Å². The molecule has 0 aliphatic heterocycles. The number of carbonyl (C=O) groups is 1. The quantitative estimate of drug-likeness (QED) is 0.601. The highest BCUT2D eigenvalue weighted by Crippen LogP contribution is 2.25. The zero-order valence-corrected chi connectivity index (χ0v) is 13.1. The van der Waals surface area contributed by atoms with E-state index in [9.17, 15) is 22.4 Å². The Kier molecular flexibility index (Phi) is 4.69. The highest BCUT2D eigenvalue weighted by atomic mass is 19.4. The van der Waals surface area contributed by atoms with Gasteiger partial charge in [-0.1, -0.05) is 0 Å². The van der Waals surface area contributed by atoms with Crippen molar-refractivity contribution < 1.29 is 22.4 Å². The standard InChI is InChI=1S/C15H12F4N6O/c16-10-5-22-13(9-2-4-21-12-8(9)1-3-20-12)25-14(10)23-6-11(26)24-7-15(17,18)19/h1-5H,6-7H2,(H,20,21)(H,24,26)(H,22,23,25). The Bertz CT molecular complexity index is 939. The molecular formula is C15H12F4N6O. The Morgan fingerprint density at radius 2 is 2.04 bits per heavy atom. The molecule has 1 amide bonds. The van der Waals surface area contributed by atoms with E-state index in [2.05, 4.69) is 25.3 Å². The monoisotopic (exact) mass is 368 g/mol. The van der Waals surface area contributed by atoms with Crippen LogP contribution < -0.4 is 10.6 Å². The second-order valence-electron chi connectivity index (χ2n) is 5.23. The van der Waals surface area contributed by atoms with Gasteiger partial charge in [0.1, 0.15) is 12.2 Å². The van der Waals surface area contributed by atoms with E-state index >= 15 is 0 Å². The van der Waals surface area contributed by atoms with Gasteiger partial charge >= 0.3 is 6.18 Å². The molecule has 0 unspecified atom stereocenters. The van der Waals surface area contributed by atoms with Gasteiger partial charge in [-0.2, -0.15) is 13.2 Å². The summed E-state index contributed by atoms with van der Waals surface area (Å²) in [6, 6.07) is 3.39. The Hall–Kier alpha value is -3.24. The fourth-order valence-electron chi connectivity index (χ4n) is 2.20. The van der Waals surface area contributed by atoms with Crippen molar-refractivity contribution in [2.24, 2.45) is 0 Å². The minimum absolute atomic E-state index is 0.177. The predicted octanol–water partition coefficient (Wildman–Crippen LogP) is 2.25. The van der Waals surface area contributed by atoms with Crippen LogP contribution in [0.2, 0.25) is 0 Å². The minimum atomic E-state index is -4.52. The van der Waals surface area contributed by atoms with Gasteiger partial charge in [0.05, 0.1) is 12.7 Å². The lowest BCUT2D eigenvalue weighted by Crippen LogP contribution is -2.37. The second-order valence-corrected chi connectivity index (χ2v) is 5.23. The molecule has 0 atom stereocenters. The zero-order chi connectivity index (χ0) is 18.7. The Morgan fingerprint density at radius 1 is 1.23 bits per heavy atom. The summed E-state index contributed by atoms with van der Waals surface area (Å²) >= 11 is 0. The third-order valence-electron chi connectivity index (χ3n) is 3.35. The van der Waals surface area contributed by atoms with Crippen molar-refractivity contribution in [3.8, 4) is 11.4 Å². The second kappa shape index (κ2) is 6.94. The van der Waals surface area contributed by atoms with Crippen molar-refractivity contribution in [3.05, 3.63) is 36.5 Å². The lowest BCUT2D eigenvalue weighted by Gasteiger charge is -2.10. The Morgan fingerprint density at radius 3 is 2.81 bits per heavy atom. The van der Waals surface area contributed by atoms with Gasteiger partial charge in [0.2, 0.25) is 5.91 Å². The number of anilines is 1. The fraction of sp³-hybridized carbons (Fsp3) is 0.200. The number of hydrogen-bond acceptors (Lipinski definition) is 5. The van der Waals surface area contributed by atoms with Gasteiger partial charge in [-0.25, -0.2) is 19.3 Å². The van der Waals surface area contributed by atoms with Crippen LogP contribution in [0, 0.1) is 5.82 Å². The first-order valence-corrected chi connectivity index (χ1v) is 7.36. The number of carbonyl (C=O) groups excluding carboxylic acids is 1. The van der Waals surface area contributed by atoms with Crippen LogP contribution in [0.4, 0.5) is 23.4 Å². The normalized spacial score (nSPS) is 11.5. The molecule has 0 saturated carbocycles. The average Bonchev–Trinajstić information content (AvgIpc) is 3.07. The molecule has 0 aliphatic carbocycles. The molecule has 0 aromatic carbocycles. The Labute approximate surface area is 143 Å². The number of halogens is 4. The van der Waals surface area contributed by atoms with Gasteiger partial charge in [-0.05, 0) is 12.1 Å². The lowest BCUT2D eigenvalue weighted by molar-refractivity contribution is -0.137. The number of aromatic amines is 1. The summed E-state index contributed by atoms with van der Waals surface area (Å²) < 4.78 is 50.0. The maximum atomic E-state index is 13.8. The van der Waals surface area contributed by atoms with Gasteiger partial charge in [0.15, 0.2) is 17.5 Å². The fourth-order valence-corrected chi connectivity index (χ4v) is 2.20. The molecule has 0 saturated heterocycles. The van der Waals surface area contributed by atoms with E-state index in [0.29, 0.717) is 16.6 Å². The largest absolute Gasteiger partial charge is 0.405 e. The van der Waals surface area contributed by atoms with E-state index in [0.717, 1.165) is 6.20 Å². The van der Waals surface area contributed by atoms with Crippen LogP contribution in [-0.4, -0.2) is 45.1 Å². The average molecular weight is 368 g/mol. The number of nitrogens with zero attached hydrogens (tertiary/aromatic N) is 3. The molecule has 26 heavy (non-hydrogen) atoms. The van der Waals surface area contributed by atoms with Crippen molar-refractivity contribution in [1.82, 2.24) is 25.3 Å². The summed E-state index contributed by atoms with van der Waals surface area (Å²) in [6.07, 6.45) is -0.406. The van der Waals surface area contributed by atoms with Crippen LogP contribution in [0.25, 0.3) is 22.4 Å². The number of fused-ring (bicyclic) bond motifs is 1. The molecule has 136 valence electrons. The molecule has 3 rings (SSSR count). The molecule has 0 bridgehead atoms. The van der Waals surface area contributed by atoms with Gasteiger partial charge < -0.3 is 15.6 Å². The molecule has 3 aromatic rings. The molecule has 0 spiro atoms. The van der Waals surface area contributed by atoms with E-state index in [1.807, 2.05) is 0 Å². The first-order chi connectivity index (χ1) is 12.3. The molecular weight excluding hydrogens is 356 g/mol. The molecule has 3 aromatic heterocycles. The SMILES string of the molecule is O=C(CNc1nc(-c2ccnc3[nH]ccc23)ncc1F)NCC(F)(F)F. The first-order valence-electron chi connectivity index (χ1n) is 7.36. The number of alkyl halides is 3. The third kappa shape index (κ3) is 4.05. The van der Waals surface area contributed by atoms with Crippen LogP contribution in [0.5, 0.6) is 0 Å². The van der Waals surface area contributed by atoms with Crippen LogP contribution in [0.15, 0.2) is 30.7 Å². The molecule has 3 N–H and O–H groups in total. The van der Waals surface area contributed by atoms with E-state index in [4.69, 9.17) is 0 Å². The van der Waals surface area contributed by atoms with Gasteiger partial charge in [-0.3, -0.25) is 4.79 Å². The van der Waals surface area contributed by atoms with Crippen LogP contribution in [0.3, 0.4) is 0 Å². The zero-order valence-electron chi connectivity index (χ0n) is 13.1. The van der Waals surface area contributed by atoms with Gasteiger partial charge in [-0.15, -0.1) is 0 Å². The van der Waals surface area contributed by atoms with Gasteiger partial charge in [0, 0.05) is 23.3 Å². The number of rotatable bonds is 5. The summed E-state index contributed by atoms with van der Waals surface area (Å²) in [5, 5.41) is 4.76. The van der Waals surface area contributed by atoms with E-state index in [1.165, 1.54) is 6.20 Å². The topological polar surface area (TPSA) is 95.6 Å². The molecule has 11 heteroatoms. The molecule has 7 nitrogen and oxygen atoms in total. The van der Waals surface area contributed by atoms with Crippen molar-refractivity contribution in [2.45, 2.75) is 6.18 Å². The number of nitrogens with one attached hydrogen (secondary N) is 3. The summed E-state index contributed by atoms with van der Waals surface area (Å²) in [6.45, 7) is -2.03. The minimum Gasteiger partial charge on any atom is -0.358 e. The first kappa shape index (κ1) is 17.6. The van der Waals surface area contributed by atoms with E-state index in [-0.39, 0.29) is 11.6 Å². The highest BCUT2D eigenvalue weighted by molar-refractivity contribution is 5.91. The van der Waals surface area contributed by atoms with Gasteiger partial charge in [0.25, 0.3) is 0 Å². The summed E-state index contributed by atoms with van der Waals surface area (Å²) in [5.41, 5.74) is 1.18.